The highest BCUT2D eigenvalue weighted by atomic mass is 16.5. The molecule has 0 spiro atoms. The second-order valence-electron chi connectivity index (χ2n) is 9.11. The van der Waals surface area contributed by atoms with E-state index in [1.54, 1.807) is 62.4 Å². The van der Waals surface area contributed by atoms with Crippen LogP contribution in [0.15, 0.2) is 59.7 Å². The van der Waals surface area contributed by atoms with Crippen LogP contribution in [-0.2, 0) is 19.9 Å². The largest absolute Gasteiger partial charge is 0.467 e. The molecule has 1 saturated heterocycles. The van der Waals surface area contributed by atoms with Gasteiger partial charge < -0.3 is 15.1 Å². The number of amides is 1. The lowest BCUT2D eigenvalue weighted by atomic mass is 9.85. The molecule has 2 aliphatic heterocycles. The molecule has 0 aliphatic carbocycles. The highest BCUT2D eigenvalue weighted by molar-refractivity contribution is 6.04. The number of anilines is 1. The van der Waals surface area contributed by atoms with Gasteiger partial charge in [0.2, 0.25) is 0 Å². The Morgan fingerprint density at radius 1 is 1.15 bits per heavy atom. The normalized spacial score (nSPS) is 24.2. The molecule has 10 heteroatoms. The predicted octanol–water partition coefficient (Wildman–Crippen LogP) is 1.54. The lowest BCUT2D eigenvalue weighted by Crippen LogP contribution is -2.53. The number of aliphatic hydroxyl groups is 1. The third-order valence-electron chi connectivity index (χ3n) is 6.85. The first-order valence-corrected chi connectivity index (χ1v) is 10.8. The van der Waals surface area contributed by atoms with Crippen molar-refractivity contribution in [2.75, 3.05) is 12.0 Å². The van der Waals surface area contributed by atoms with Crippen molar-refractivity contribution in [2.45, 2.75) is 43.6 Å². The summed E-state index contributed by atoms with van der Waals surface area (Å²) in [6.07, 6.45) is -0.309. The summed E-state index contributed by atoms with van der Waals surface area (Å²) in [5.41, 5.74) is -2.44. The molecule has 0 radical (unpaired) electrons. The SMILES string of the molecule is COC(=O)C(CC1(O)c2ccccc2N2C(=O)C(C)(C)N(O)C21)n1cnc2ccccc2c1=O. The van der Waals surface area contributed by atoms with Gasteiger partial charge in [0, 0.05) is 12.0 Å². The number of hydroxylamine groups is 2. The Kier molecular flexibility index (Phi) is 4.87. The number of methoxy groups -OCH3 is 1. The zero-order chi connectivity index (χ0) is 24.4. The van der Waals surface area contributed by atoms with Crippen LogP contribution in [0.3, 0.4) is 0 Å². The molecule has 1 fully saturated rings. The van der Waals surface area contributed by atoms with E-state index in [1.165, 1.54) is 18.3 Å². The molecule has 176 valence electrons. The number of ether oxygens (including phenoxy) is 1. The van der Waals surface area contributed by atoms with Crippen LogP contribution in [0.4, 0.5) is 5.69 Å². The maximum Gasteiger partial charge on any atom is 0.329 e. The summed E-state index contributed by atoms with van der Waals surface area (Å²) in [6.45, 7) is 3.10. The number of carbonyl (C=O) groups excluding carboxylic acids is 2. The number of esters is 1. The van der Waals surface area contributed by atoms with Crippen LogP contribution >= 0.6 is 0 Å². The highest BCUT2D eigenvalue weighted by Crippen LogP contribution is 2.53. The molecular weight excluding hydrogens is 440 g/mol. The summed E-state index contributed by atoms with van der Waals surface area (Å²) in [5, 5.41) is 24.2. The first-order valence-electron chi connectivity index (χ1n) is 10.8. The van der Waals surface area contributed by atoms with Gasteiger partial charge in [-0.15, -0.1) is 0 Å². The van der Waals surface area contributed by atoms with Crippen molar-refractivity contribution in [3.8, 4) is 0 Å². The summed E-state index contributed by atoms with van der Waals surface area (Å²) in [7, 11) is 1.19. The molecule has 1 amide bonds. The molecule has 10 nitrogen and oxygen atoms in total. The quantitative estimate of drug-likeness (QED) is 0.557. The van der Waals surface area contributed by atoms with Crippen LogP contribution in [0.2, 0.25) is 0 Å². The molecule has 5 rings (SSSR count). The van der Waals surface area contributed by atoms with E-state index in [9.17, 15) is 24.7 Å². The average Bonchev–Trinajstić information content (AvgIpc) is 3.20. The summed E-state index contributed by atoms with van der Waals surface area (Å²) in [5.74, 6) is -1.17. The molecule has 3 unspecified atom stereocenters. The zero-order valence-corrected chi connectivity index (χ0v) is 18.9. The van der Waals surface area contributed by atoms with Crippen LogP contribution in [0.5, 0.6) is 0 Å². The number of para-hydroxylation sites is 2. The van der Waals surface area contributed by atoms with Gasteiger partial charge in [-0.1, -0.05) is 30.3 Å². The van der Waals surface area contributed by atoms with E-state index < -0.39 is 40.8 Å². The molecule has 0 bridgehead atoms. The van der Waals surface area contributed by atoms with E-state index in [0.717, 1.165) is 9.63 Å². The monoisotopic (exact) mass is 464 g/mol. The number of fused-ring (bicyclic) bond motifs is 4. The maximum absolute atomic E-state index is 13.3. The van der Waals surface area contributed by atoms with Gasteiger partial charge in [-0.2, -0.15) is 5.06 Å². The summed E-state index contributed by atoms with van der Waals surface area (Å²) >= 11 is 0. The first kappa shape index (κ1) is 22.2. The fourth-order valence-electron chi connectivity index (χ4n) is 5.01. The topological polar surface area (TPSA) is 125 Å². The zero-order valence-electron chi connectivity index (χ0n) is 18.9. The number of hydrogen-bond acceptors (Lipinski definition) is 8. The van der Waals surface area contributed by atoms with Crippen LogP contribution in [0.25, 0.3) is 10.9 Å². The molecule has 3 aromatic rings. The van der Waals surface area contributed by atoms with Crippen molar-refractivity contribution in [1.29, 1.82) is 0 Å². The molecule has 0 saturated carbocycles. The van der Waals surface area contributed by atoms with Gasteiger partial charge in [0.05, 0.1) is 30.0 Å². The second-order valence-corrected chi connectivity index (χ2v) is 9.11. The van der Waals surface area contributed by atoms with Gasteiger partial charge >= 0.3 is 5.97 Å². The Morgan fingerprint density at radius 2 is 1.82 bits per heavy atom. The summed E-state index contributed by atoms with van der Waals surface area (Å²) < 4.78 is 6.11. The van der Waals surface area contributed by atoms with E-state index in [-0.39, 0.29) is 6.42 Å². The van der Waals surface area contributed by atoms with Crippen LogP contribution in [0.1, 0.15) is 31.9 Å². The number of rotatable bonds is 4. The van der Waals surface area contributed by atoms with E-state index >= 15 is 0 Å². The van der Waals surface area contributed by atoms with Crippen molar-refractivity contribution >= 4 is 28.5 Å². The standard InChI is InChI=1S/C24H24N4O6/c1-23(2)22(31)27-17-11-7-5-9-15(17)24(32,21(27)28(23)33)12-18(20(30)34-3)26-13-25-16-10-6-4-8-14(16)19(26)29/h4-11,13,18,21,32-33H,12H2,1-3H3. The van der Waals surface area contributed by atoms with Crippen molar-refractivity contribution in [1.82, 2.24) is 14.6 Å². The lowest BCUT2D eigenvalue weighted by molar-refractivity contribution is -0.210. The Hall–Kier alpha value is -3.60. The Morgan fingerprint density at radius 3 is 2.56 bits per heavy atom. The van der Waals surface area contributed by atoms with Crippen LogP contribution < -0.4 is 10.5 Å². The number of carbonyl (C=O) groups is 2. The molecule has 34 heavy (non-hydrogen) atoms. The van der Waals surface area contributed by atoms with E-state index in [1.807, 2.05) is 0 Å². The summed E-state index contributed by atoms with van der Waals surface area (Å²) in [6, 6.07) is 12.2. The summed E-state index contributed by atoms with van der Waals surface area (Å²) in [4.78, 5) is 45.0. The van der Waals surface area contributed by atoms with Crippen LogP contribution in [-0.4, -0.2) is 55.6 Å². The minimum atomic E-state index is -1.90. The molecule has 3 atom stereocenters. The number of hydrogen-bond donors (Lipinski definition) is 2. The van der Waals surface area contributed by atoms with E-state index in [0.29, 0.717) is 22.2 Å². The number of nitrogens with zero attached hydrogens (tertiary/aromatic N) is 4. The van der Waals surface area contributed by atoms with E-state index in [4.69, 9.17) is 4.74 Å². The molecule has 2 N–H and O–H groups in total. The Labute approximate surface area is 194 Å². The minimum Gasteiger partial charge on any atom is -0.467 e. The predicted molar refractivity (Wildman–Crippen MR) is 121 cm³/mol. The third kappa shape index (κ3) is 2.86. The second kappa shape index (κ2) is 7.45. The van der Waals surface area contributed by atoms with Crippen molar-refractivity contribution in [3.05, 3.63) is 70.8 Å². The molecular formula is C24H24N4O6. The molecule has 2 aliphatic rings. The van der Waals surface area contributed by atoms with Crippen molar-refractivity contribution in [3.63, 3.8) is 0 Å². The van der Waals surface area contributed by atoms with E-state index in [2.05, 4.69) is 4.98 Å². The maximum atomic E-state index is 13.3. The Balaban J connectivity index is 1.68. The fourth-order valence-corrected chi connectivity index (χ4v) is 5.01. The molecule has 3 heterocycles. The van der Waals surface area contributed by atoms with Crippen molar-refractivity contribution < 1.29 is 24.6 Å². The minimum absolute atomic E-state index is 0.306. The molecule has 1 aromatic heterocycles. The average molecular weight is 464 g/mol. The lowest BCUT2D eigenvalue weighted by Gasteiger charge is -2.37. The van der Waals surface area contributed by atoms with Gasteiger partial charge in [-0.25, -0.2) is 9.78 Å². The molecule has 2 aromatic carbocycles. The Bertz CT molecular complexity index is 1390. The highest BCUT2D eigenvalue weighted by Gasteiger charge is 2.65. The van der Waals surface area contributed by atoms with Crippen molar-refractivity contribution in [2.24, 2.45) is 0 Å². The van der Waals surface area contributed by atoms with Crippen LogP contribution in [0, 0.1) is 0 Å². The number of benzene rings is 2. The third-order valence-corrected chi connectivity index (χ3v) is 6.85. The number of aromatic nitrogens is 2. The smallest absolute Gasteiger partial charge is 0.329 e. The van der Waals surface area contributed by atoms with Gasteiger partial charge in [0.15, 0.2) is 0 Å². The fraction of sp³-hybridized carbons (Fsp3) is 0.333. The van der Waals surface area contributed by atoms with Gasteiger partial charge in [0.25, 0.3) is 11.5 Å². The first-order chi connectivity index (χ1) is 16.1. The van der Waals surface area contributed by atoms with Gasteiger partial charge in [-0.05, 0) is 32.0 Å². The van der Waals surface area contributed by atoms with Gasteiger partial charge in [0.1, 0.15) is 23.3 Å². The van der Waals surface area contributed by atoms with Gasteiger partial charge in [-0.3, -0.25) is 19.1 Å².